The number of rotatable bonds is 4. The zero-order valence-electron chi connectivity index (χ0n) is 9.93. The molecule has 0 aliphatic heterocycles. The summed E-state index contributed by atoms with van der Waals surface area (Å²) in [5.74, 6) is 0.0666. The van der Waals surface area contributed by atoms with E-state index in [0.29, 0.717) is 6.54 Å². The van der Waals surface area contributed by atoms with E-state index < -0.39 is 5.97 Å². The number of hydrogen-bond acceptors (Lipinski definition) is 2. The first-order valence-electron chi connectivity index (χ1n) is 5.47. The Balaban J connectivity index is 2.28. The van der Waals surface area contributed by atoms with Crippen LogP contribution in [0.15, 0.2) is 28.9 Å². The lowest BCUT2D eigenvalue weighted by molar-refractivity contribution is -0.136. The van der Waals surface area contributed by atoms with Crippen molar-refractivity contribution >= 4 is 5.97 Å². The van der Waals surface area contributed by atoms with Crippen LogP contribution in [0.2, 0.25) is 0 Å². The molecule has 0 aromatic carbocycles. The molecule has 90 valence electrons. The summed E-state index contributed by atoms with van der Waals surface area (Å²) in [5.41, 5.74) is 2.90. The minimum atomic E-state index is -0.803. The van der Waals surface area contributed by atoms with Gasteiger partial charge in [0.15, 0.2) is 0 Å². The Kier molecular flexibility index (Phi) is 3.04. The van der Waals surface area contributed by atoms with Gasteiger partial charge in [-0.25, -0.2) is 0 Å². The molecular weight excluding hydrogens is 218 g/mol. The lowest BCUT2D eigenvalue weighted by Gasteiger charge is -2.07. The standard InChI is InChI=1S/C13H15NO3/c1-9-6-11(7-13(15)16)10(2)14(9)8-12-4-3-5-17-12/h3-6H,7-8H2,1-2H3,(H,15,16). The Hall–Kier alpha value is -1.97. The largest absolute Gasteiger partial charge is 0.481 e. The van der Waals surface area contributed by atoms with Crippen LogP contribution in [0.1, 0.15) is 22.7 Å². The van der Waals surface area contributed by atoms with E-state index in [1.165, 1.54) is 0 Å². The van der Waals surface area contributed by atoms with Crippen LogP contribution in [0, 0.1) is 13.8 Å². The average Bonchev–Trinajstić information content (AvgIpc) is 2.83. The molecule has 2 aromatic rings. The van der Waals surface area contributed by atoms with Crippen molar-refractivity contribution in [1.82, 2.24) is 4.57 Å². The molecule has 0 atom stereocenters. The molecule has 0 bridgehead atoms. The molecule has 0 fully saturated rings. The summed E-state index contributed by atoms with van der Waals surface area (Å²) in [7, 11) is 0. The summed E-state index contributed by atoms with van der Waals surface area (Å²) in [4.78, 5) is 10.7. The summed E-state index contributed by atoms with van der Waals surface area (Å²) in [6.07, 6.45) is 1.71. The van der Waals surface area contributed by atoms with Gasteiger partial charge < -0.3 is 14.1 Å². The number of carbonyl (C=O) groups is 1. The molecule has 0 aliphatic rings. The van der Waals surface area contributed by atoms with Crippen LogP contribution < -0.4 is 0 Å². The first-order chi connectivity index (χ1) is 8.08. The molecule has 0 saturated heterocycles. The van der Waals surface area contributed by atoms with Crippen LogP contribution in [0.25, 0.3) is 0 Å². The van der Waals surface area contributed by atoms with Crippen LogP contribution in [-0.4, -0.2) is 15.6 Å². The minimum absolute atomic E-state index is 0.0673. The number of furan rings is 1. The normalized spacial score (nSPS) is 10.7. The summed E-state index contributed by atoms with van der Waals surface area (Å²) < 4.78 is 7.37. The Morgan fingerprint density at radius 3 is 2.82 bits per heavy atom. The minimum Gasteiger partial charge on any atom is -0.481 e. The second-order valence-electron chi connectivity index (χ2n) is 4.13. The lowest BCUT2D eigenvalue weighted by atomic mass is 10.2. The zero-order valence-corrected chi connectivity index (χ0v) is 9.93. The fraction of sp³-hybridized carbons (Fsp3) is 0.308. The summed E-state index contributed by atoms with van der Waals surface area (Å²) in [6, 6.07) is 5.68. The Labute approximate surface area is 99.5 Å². The molecule has 2 aromatic heterocycles. The van der Waals surface area contributed by atoms with Crippen molar-refractivity contribution in [2.75, 3.05) is 0 Å². The second-order valence-corrected chi connectivity index (χ2v) is 4.13. The third-order valence-corrected chi connectivity index (χ3v) is 2.91. The van der Waals surface area contributed by atoms with E-state index in [2.05, 4.69) is 4.57 Å². The van der Waals surface area contributed by atoms with Gasteiger partial charge in [-0.1, -0.05) is 0 Å². The smallest absolute Gasteiger partial charge is 0.307 e. The molecule has 0 unspecified atom stereocenters. The zero-order chi connectivity index (χ0) is 12.4. The van der Waals surface area contributed by atoms with E-state index >= 15 is 0 Å². The van der Waals surface area contributed by atoms with E-state index in [4.69, 9.17) is 9.52 Å². The van der Waals surface area contributed by atoms with Gasteiger partial charge in [-0.3, -0.25) is 4.79 Å². The third kappa shape index (κ3) is 2.41. The highest BCUT2D eigenvalue weighted by Gasteiger charge is 2.12. The van der Waals surface area contributed by atoms with Crippen molar-refractivity contribution in [3.05, 3.63) is 47.2 Å². The van der Waals surface area contributed by atoms with Gasteiger partial charge in [0, 0.05) is 11.4 Å². The molecule has 2 rings (SSSR count). The third-order valence-electron chi connectivity index (χ3n) is 2.91. The number of aromatic nitrogens is 1. The Morgan fingerprint density at radius 1 is 1.47 bits per heavy atom. The van der Waals surface area contributed by atoms with Gasteiger partial charge in [0.1, 0.15) is 5.76 Å². The maximum absolute atomic E-state index is 10.7. The molecular formula is C13H15NO3. The van der Waals surface area contributed by atoms with Gasteiger partial charge in [-0.15, -0.1) is 0 Å². The van der Waals surface area contributed by atoms with Gasteiger partial charge in [-0.2, -0.15) is 0 Å². The molecule has 0 radical (unpaired) electrons. The van der Waals surface area contributed by atoms with E-state index in [9.17, 15) is 4.79 Å². The number of aliphatic carboxylic acids is 1. The van der Waals surface area contributed by atoms with Crippen molar-refractivity contribution in [1.29, 1.82) is 0 Å². The Bertz CT molecular complexity index is 523. The van der Waals surface area contributed by atoms with E-state index in [0.717, 1.165) is 22.7 Å². The predicted octanol–water partition coefficient (Wildman–Crippen LogP) is 2.37. The topological polar surface area (TPSA) is 55.4 Å². The fourth-order valence-electron chi connectivity index (χ4n) is 2.02. The van der Waals surface area contributed by atoms with Crippen LogP contribution in [0.5, 0.6) is 0 Å². The molecule has 4 nitrogen and oxygen atoms in total. The summed E-state index contributed by atoms with van der Waals surface area (Å²) in [5, 5.41) is 8.82. The van der Waals surface area contributed by atoms with Crippen LogP contribution >= 0.6 is 0 Å². The van der Waals surface area contributed by atoms with Gasteiger partial charge in [0.05, 0.1) is 19.2 Å². The molecule has 1 N–H and O–H groups in total. The molecule has 17 heavy (non-hydrogen) atoms. The monoisotopic (exact) mass is 233 g/mol. The Morgan fingerprint density at radius 2 is 2.24 bits per heavy atom. The van der Waals surface area contributed by atoms with Gasteiger partial charge in [0.2, 0.25) is 0 Å². The molecule has 0 spiro atoms. The van der Waals surface area contributed by atoms with Crippen LogP contribution in [0.4, 0.5) is 0 Å². The van der Waals surface area contributed by atoms with Gasteiger partial charge in [0.25, 0.3) is 0 Å². The maximum atomic E-state index is 10.7. The van der Waals surface area contributed by atoms with E-state index in [1.807, 2.05) is 32.0 Å². The molecule has 0 amide bonds. The lowest BCUT2D eigenvalue weighted by Crippen LogP contribution is -2.05. The fourth-order valence-corrected chi connectivity index (χ4v) is 2.02. The number of aryl methyl sites for hydroxylation is 1. The number of nitrogens with zero attached hydrogens (tertiary/aromatic N) is 1. The maximum Gasteiger partial charge on any atom is 0.307 e. The molecule has 0 saturated carbocycles. The molecule has 2 heterocycles. The highest BCUT2D eigenvalue weighted by atomic mass is 16.4. The van der Waals surface area contributed by atoms with Crippen molar-refractivity contribution < 1.29 is 14.3 Å². The molecule has 4 heteroatoms. The summed E-state index contributed by atoms with van der Waals surface area (Å²) in [6.45, 7) is 4.56. The van der Waals surface area contributed by atoms with Crippen molar-refractivity contribution in [3.63, 3.8) is 0 Å². The first-order valence-corrected chi connectivity index (χ1v) is 5.47. The van der Waals surface area contributed by atoms with Crippen LogP contribution in [-0.2, 0) is 17.8 Å². The quantitative estimate of drug-likeness (QED) is 0.882. The first kappa shape index (κ1) is 11.5. The number of hydrogen-bond donors (Lipinski definition) is 1. The van der Waals surface area contributed by atoms with Crippen LogP contribution in [0.3, 0.4) is 0 Å². The number of carboxylic acids is 1. The summed E-state index contributed by atoms with van der Waals surface area (Å²) >= 11 is 0. The predicted molar refractivity (Wildman–Crippen MR) is 63.1 cm³/mol. The molecule has 0 aliphatic carbocycles. The van der Waals surface area contributed by atoms with E-state index in [-0.39, 0.29) is 6.42 Å². The second kappa shape index (κ2) is 4.49. The average molecular weight is 233 g/mol. The van der Waals surface area contributed by atoms with Crippen molar-refractivity contribution in [2.24, 2.45) is 0 Å². The van der Waals surface area contributed by atoms with Crippen molar-refractivity contribution in [3.8, 4) is 0 Å². The highest BCUT2D eigenvalue weighted by molar-refractivity contribution is 5.70. The van der Waals surface area contributed by atoms with Gasteiger partial charge in [-0.05, 0) is 37.6 Å². The SMILES string of the molecule is Cc1cc(CC(=O)O)c(C)n1Cc1ccco1. The number of carboxylic acid groups (broad SMARTS) is 1. The highest BCUT2D eigenvalue weighted by Crippen LogP contribution is 2.17. The van der Waals surface area contributed by atoms with Gasteiger partial charge >= 0.3 is 5.97 Å². The van der Waals surface area contributed by atoms with Crippen molar-refractivity contribution in [2.45, 2.75) is 26.8 Å². The van der Waals surface area contributed by atoms with E-state index in [1.54, 1.807) is 6.26 Å².